The number of carbonyl (C=O) groups is 1. The maximum absolute atomic E-state index is 12.6. The average Bonchev–Trinajstić information content (AvgIpc) is 2.95. The number of benzene rings is 2. The molecule has 23 heavy (non-hydrogen) atoms. The fraction of sp³-hybridized carbons (Fsp3) is 0.235. The van der Waals surface area contributed by atoms with Gasteiger partial charge in [0.15, 0.2) is 0 Å². The molecule has 1 aliphatic heterocycles. The summed E-state index contributed by atoms with van der Waals surface area (Å²) >= 11 is 11.9. The maximum Gasteiger partial charge on any atom is 0.259 e. The van der Waals surface area contributed by atoms with Crippen molar-refractivity contribution in [2.75, 3.05) is 18.4 Å². The minimum atomic E-state index is -0.276. The number of nitrogens with one attached hydrogen (secondary N) is 1. The molecule has 0 spiro atoms. The second kappa shape index (κ2) is 6.69. The summed E-state index contributed by atoms with van der Waals surface area (Å²) < 4.78 is 0. The van der Waals surface area contributed by atoms with Gasteiger partial charge in [0.1, 0.15) is 5.75 Å². The highest BCUT2D eigenvalue weighted by atomic mass is 35.5. The number of phenolic OH excluding ortho intramolecular Hbond substituents is 1. The van der Waals surface area contributed by atoms with Crippen LogP contribution < -0.4 is 5.32 Å². The Bertz CT molecular complexity index is 699. The number of hydrogen-bond donors (Lipinski definition) is 2. The number of para-hydroxylation sites is 1. The number of halogens is 2. The molecule has 4 nitrogen and oxygen atoms in total. The molecule has 2 aromatic carbocycles. The van der Waals surface area contributed by atoms with E-state index in [-0.39, 0.29) is 28.3 Å². The van der Waals surface area contributed by atoms with Gasteiger partial charge < -0.3 is 15.3 Å². The predicted molar refractivity (Wildman–Crippen MR) is 92.5 cm³/mol. The van der Waals surface area contributed by atoms with Gasteiger partial charge in [0.05, 0.1) is 10.6 Å². The number of nitrogens with zero attached hydrogens (tertiary/aromatic N) is 1. The summed E-state index contributed by atoms with van der Waals surface area (Å²) in [6.07, 6.45) is 0.840. The van der Waals surface area contributed by atoms with E-state index in [9.17, 15) is 9.90 Å². The monoisotopic (exact) mass is 350 g/mol. The summed E-state index contributed by atoms with van der Waals surface area (Å²) in [5, 5.41) is 13.8. The van der Waals surface area contributed by atoms with Crippen LogP contribution in [0.4, 0.5) is 5.69 Å². The van der Waals surface area contributed by atoms with Crippen LogP contribution in [0.1, 0.15) is 16.8 Å². The van der Waals surface area contributed by atoms with E-state index in [1.807, 2.05) is 30.3 Å². The van der Waals surface area contributed by atoms with Crippen molar-refractivity contribution in [1.29, 1.82) is 0 Å². The molecule has 0 aliphatic carbocycles. The van der Waals surface area contributed by atoms with Crippen molar-refractivity contribution in [3.8, 4) is 5.75 Å². The number of likely N-dealkylation sites (tertiary alicyclic amines) is 1. The Morgan fingerprint density at radius 3 is 2.65 bits per heavy atom. The fourth-order valence-electron chi connectivity index (χ4n) is 2.76. The van der Waals surface area contributed by atoms with Crippen molar-refractivity contribution in [2.24, 2.45) is 0 Å². The lowest BCUT2D eigenvalue weighted by Gasteiger charge is -2.19. The normalized spacial score (nSPS) is 17.3. The number of carbonyl (C=O) groups excluding carboxylic acids is 1. The van der Waals surface area contributed by atoms with Crippen LogP contribution in [0.5, 0.6) is 5.75 Å². The largest absolute Gasteiger partial charge is 0.507 e. The molecule has 0 bridgehead atoms. The van der Waals surface area contributed by atoms with Gasteiger partial charge in [0, 0.05) is 29.8 Å². The van der Waals surface area contributed by atoms with Gasteiger partial charge in [0.2, 0.25) is 0 Å². The first-order valence-corrected chi connectivity index (χ1v) is 8.09. The summed E-state index contributed by atoms with van der Waals surface area (Å²) in [5.41, 5.74) is 1.13. The predicted octanol–water partition coefficient (Wildman–Crippen LogP) is 4.03. The van der Waals surface area contributed by atoms with E-state index in [4.69, 9.17) is 23.2 Å². The Morgan fingerprint density at radius 2 is 1.96 bits per heavy atom. The molecule has 1 saturated heterocycles. The van der Waals surface area contributed by atoms with Crippen molar-refractivity contribution in [1.82, 2.24) is 4.90 Å². The Hall–Kier alpha value is -1.91. The van der Waals surface area contributed by atoms with E-state index in [0.717, 1.165) is 12.1 Å². The van der Waals surface area contributed by atoms with E-state index in [1.165, 1.54) is 12.1 Å². The van der Waals surface area contributed by atoms with Gasteiger partial charge in [-0.2, -0.15) is 0 Å². The molecule has 1 atom stereocenters. The summed E-state index contributed by atoms with van der Waals surface area (Å²) in [4.78, 5) is 14.3. The lowest BCUT2D eigenvalue weighted by Crippen LogP contribution is -2.31. The van der Waals surface area contributed by atoms with Crippen molar-refractivity contribution in [2.45, 2.75) is 12.5 Å². The second-order valence-electron chi connectivity index (χ2n) is 5.53. The van der Waals surface area contributed by atoms with Crippen LogP contribution in [0.25, 0.3) is 0 Å². The van der Waals surface area contributed by atoms with Gasteiger partial charge in [-0.15, -0.1) is 0 Å². The van der Waals surface area contributed by atoms with Crippen LogP contribution in [-0.2, 0) is 0 Å². The third kappa shape index (κ3) is 3.54. The van der Waals surface area contributed by atoms with Crippen LogP contribution in [-0.4, -0.2) is 35.0 Å². The average molecular weight is 351 g/mol. The van der Waals surface area contributed by atoms with E-state index >= 15 is 0 Å². The number of aromatic hydroxyl groups is 1. The van der Waals surface area contributed by atoms with Crippen LogP contribution >= 0.6 is 23.2 Å². The number of anilines is 1. The van der Waals surface area contributed by atoms with Gasteiger partial charge >= 0.3 is 0 Å². The third-order valence-corrected chi connectivity index (χ3v) is 4.38. The lowest BCUT2D eigenvalue weighted by atomic mass is 10.1. The molecular formula is C17H16Cl2N2O2. The molecule has 120 valence electrons. The minimum absolute atomic E-state index is 0.108. The summed E-state index contributed by atoms with van der Waals surface area (Å²) in [6.45, 7) is 1.17. The van der Waals surface area contributed by atoms with Crippen molar-refractivity contribution < 1.29 is 9.90 Å². The minimum Gasteiger partial charge on any atom is -0.507 e. The molecule has 1 unspecified atom stereocenters. The van der Waals surface area contributed by atoms with E-state index in [2.05, 4.69) is 5.32 Å². The van der Waals surface area contributed by atoms with Crippen LogP contribution in [0.3, 0.4) is 0 Å². The number of phenols is 1. The van der Waals surface area contributed by atoms with Gasteiger partial charge in [-0.25, -0.2) is 0 Å². The van der Waals surface area contributed by atoms with E-state index < -0.39 is 0 Å². The van der Waals surface area contributed by atoms with Crippen molar-refractivity contribution in [3.63, 3.8) is 0 Å². The van der Waals surface area contributed by atoms with Gasteiger partial charge in [-0.05, 0) is 30.7 Å². The van der Waals surface area contributed by atoms with E-state index in [1.54, 1.807) is 4.90 Å². The van der Waals surface area contributed by atoms with Gasteiger partial charge in [-0.1, -0.05) is 41.4 Å². The Kier molecular flexibility index (Phi) is 4.64. The number of amides is 1. The first-order chi connectivity index (χ1) is 11.0. The number of hydrogen-bond acceptors (Lipinski definition) is 3. The molecule has 2 aromatic rings. The third-order valence-electron chi connectivity index (χ3n) is 3.87. The second-order valence-corrected chi connectivity index (χ2v) is 6.37. The summed E-state index contributed by atoms with van der Waals surface area (Å²) in [7, 11) is 0. The number of rotatable bonds is 3. The topological polar surface area (TPSA) is 52.6 Å². The zero-order valence-electron chi connectivity index (χ0n) is 12.3. The fourth-order valence-corrected chi connectivity index (χ4v) is 3.33. The molecule has 1 fully saturated rings. The Balaban J connectivity index is 1.71. The molecule has 2 N–H and O–H groups in total. The summed E-state index contributed by atoms with van der Waals surface area (Å²) in [5.74, 6) is -0.464. The lowest BCUT2D eigenvalue weighted by molar-refractivity contribution is 0.0789. The molecule has 6 heteroatoms. The molecule has 0 radical (unpaired) electrons. The molecular weight excluding hydrogens is 335 g/mol. The zero-order valence-corrected chi connectivity index (χ0v) is 13.8. The van der Waals surface area contributed by atoms with Gasteiger partial charge in [-0.3, -0.25) is 4.79 Å². The maximum atomic E-state index is 12.6. The molecule has 1 amide bonds. The molecule has 3 rings (SSSR count). The van der Waals surface area contributed by atoms with Crippen molar-refractivity contribution in [3.05, 3.63) is 58.1 Å². The van der Waals surface area contributed by atoms with Crippen LogP contribution in [0.2, 0.25) is 10.0 Å². The SMILES string of the molecule is O=C(c1c(O)cc(Cl)cc1Cl)N1CCC(Nc2ccccc2)C1. The van der Waals surface area contributed by atoms with Gasteiger partial charge in [0.25, 0.3) is 5.91 Å². The highest BCUT2D eigenvalue weighted by Crippen LogP contribution is 2.32. The molecule has 1 heterocycles. The first-order valence-electron chi connectivity index (χ1n) is 7.33. The molecule has 0 saturated carbocycles. The van der Waals surface area contributed by atoms with Crippen LogP contribution in [0.15, 0.2) is 42.5 Å². The summed E-state index contributed by atoms with van der Waals surface area (Å²) in [6, 6.07) is 12.8. The van der Waals surface area contributed by atoms with Crippen molar-refractivity contribution >= 4 is 34.8 Å². The first kappa shape index (κ1) is 16.0. The Morgan fingerprint density at radius 1 is 1.22 bits per heavy atom. The van der Waals surface area contributed by atoms with E-state index in [0.29, 0.717) is 18.1 Å². The highest BCUT2D eigenvalue weighted by molar-refractivity contribution is 6.37. The smallest absolute Gasteiger partial charge is 0.259 e. The standard InChI is InChI=1S/C17H16Cl2N2O2/c18-11-8-14(19)16(15(22)9-11)17(23)21-7-6-13(10-21)20-12-4-2-1-3-5-12/h1-5,8-9,13,20,22H,6-7,10H2. The Labute approximate surface area is 144 Å². The molecule has 1 aliphatic rings. The quantitative estimate of drug-likeness (QED) is 0.878. The molecule has 0 aromatic heterocycles. The zero-order chi connectivity index (χ0) is 16.4. The van der Waals surface area contributed by atoms with Crippen LogP contribution in [0, 0.1) is 0 Å². The highest BCUT2D eigenvalue weighted by Gasteiger charge is 2.29.